The number of carbonyl (C=O) groups is 1. The van der Waals surface area contributed by atoms with Gasteiger partial charge in [-0.15, -0.1) is 0 Å². The molecular weight excluding hydrogens is 496 g/mol. The number of nitriles is 1. The van der Waals surface area contributed by atoms with Crippen LogP contribution in [0.3, 0.4) is 0 Å². The van der Waals surface area contributed by atoms with Crippen molar-refractivity contribution in [3.8, 4) is 40.0 Å². The van der Waals surface area contributed by atoms with E-state index in [0.29, 0.717) is 52.6 Å². The lowest BCUT2D eigenvalue weighted by atomic mass is 10.0. The number of amides is 1. The lowest BCUT2D eigenvalue weighted by molar-refractivity contribution is -0.128. The van der Waals surface area contributed by atoms with Crippen LogP contribution >= 0.6 is 0 Å². The van der Waals surface area contributed by atoms with Gasteiger partial charge in [-0.2, -0.15) is 5.26 Å². The zero-order valence-corrected chi connectivity index (χ0v) is 22.3. The first-order valence-corrected chi connectivity index (χ1v) is 12.7. The van der Waals surface area contributed by atoms with Crippen LogP contribution in [0.5, 0.6) is 11.5 Å². The summed E-state index contributed by atoms with van der Waals surface area (Å²) in [4.78, 5) is 19.6. The van der Waals surface area contributed by atoms with E-state index in [1.54, 1.807) is 62.3 Å². The van der Waals surface area contributed by atoms with Gasteiger partial charge in [-0.05, 0) is 55.6 Å². The normalized spacial score (nSPS) is 15.9. The second-order valence-electron chi connectivity index (χ2n) is 9.80. The van der Waals surface area contributed by atoms with E-state index in [4.69, 9.17) is 13.9 Å². The van der Waals surface area contributed by atoms with Gasteiger partial charge in [0.2, 0.25) is 5.91 Å². The van der Waals surface area contributed by atoms with Crippen molar-refractivity contribution in [3.05, 3.63) is 65.9 Å². The molecule has 0 radical (unpaired) electrons. The Morgan fingerprint density at radius 3 is 2.69 bits per heavy atom. The Bertz CT molecular complexity index is 1570. The molecule has 39 heavy (non-hydrogen) atoms. The van der Waals surface area contributed by atoms with Crippen LogP contribution in [0.4, 0.5) is 0 Å². The molecule has 0 bridgehead atoms. The predicted octanol–water partition coefficient (Wildman–Crippen LogP) is 4.59. The third-order valence-corrected chi connectivity index (χ3v) is 6.99. The number of hydrogen-bond acceptors (Lipinski definition) is 8. The van der Waals surface area contributed by atoms with Gasteiger partial charge in [-0.25, -0.2) is 0 Å². The molecule has 9 heteroatoms. The molecule has 1 saturated heterocycles. The van der Waals surface area contributed by atoms with Gasteiger partial charge in [0.1, 0.15) is 41.2 Å². The van der Waals surface area contributed by atoms with Crippen LogP contribution in [-0.2, 0) is 4.79 Å². The highest BCUT2D eigenvalue weighted by Crippen LogP contribution is 2.39. The van der Waals surface area contributed by atoms with Gasteiger partial charge < -0.3 is 23.9 Å². The second kappa shape index (κ2) is 10.8. The smallest absolute Gasteiger partial charge is 0.219 e. The van der Waals surface area contributed by atoms with E-state index in [1.165, 1.54) is 0 Å². The molecule has 9 nitrogen and oxygen atoms in total. The van der Waals surface area contributed by atoms with Crippen LogP contribution in [0, 0.1) is 11.3 Å². The highest BCUT2D eigenvalue weighted by atomic mass is 16.5. The number of methoxy groups -OCH3 is 1. The number of aliphatic hydroxyl groups is 1. The van der Waals surface area contributed by atoms with E-state index >= 15 is 0 Å². The van der Waals surface area contributed by atoms with Gasteiger partial charge in [0.25, 0.3) is 0 Å². The van der Waals surface area contributed by atoms with Crippen LogP contribution in [0.1, 0.15) is 30.7 Å². The van der Waals surface area contributed by atoms with Crippen molar-refractivity contribution in [2.45, 2.75) is 25.7 Å². The summed E-state index contributed by atoms with van der Waals surface area (Å²) < 4.78 is 18.0. The molecule has 4 aromatic rings. The largest absolute Gasteiger partial charge is 0.496 e. The van der Waals surface area contributed by atoms with Gasteiger partial charge in [0, 0.05) is 37.7 Å². The van der Waals surface area contributed by atoms with Crippen molar-refractivity contribution < 1.29 is 23.8 Å². The second-order valence-corrected chi connectivity index (χ2v) is 9.80. The average Bonchev–Trinajstić information content (AvgIpc) is 3.60. The molecule has 1 aliphatic rings. The zero-order chi connectivity index (χ0) is 27.7. The number of nitrogens with zero attached hydrogens (tertiary/aromatic N) is 4. The van der Waals surface area contributed by atoms with E-state index in [9.17, 15) is 15.2 Å². The first-order valence-electron chi connectivity index (χ1n) is 12.7. The number of hydrogen-bond donors (Lipinski definition) is 1. The summed E-state index contributed by atoms with van der Waals surface area (Å²) in [6.07, 6.45) is 1.52. The highest BCUT2D eigenvalue weighted by molar-refractivity contribution is 5.93. The molecule has 1 aliphatic heterocycles. The molecular formula is C30H30N4O5. The quantitative estimate of drug-likeness (QED) is 0.348. The minimum absolute atomic E-state index is 0.0243. The number of carbonyl (C=O) groups excluding carboxylic acids is 1. The Balaban J connectivity index is 1.47. The lowest BCUT2D eigenvalue weighted by Gasteiger charge is -2.19. The van der Waals surface area contributed by atoms with Gasteiger partial charge in [0.15, 0.2) is 5.58 Å². The molecule has 0 spiro atoms. The van der Waals surface area contributed by atoms with E-state index in [-0.39, 0.29) is 12.0 Å². The summed E-state index contributed by atoms with van der Waals surface area (Å²) >= 11 is 0. The Morgan fingerprint density at radius 1 is 1.18 bits per heavy atom. The van der Waals surface area contributed by atoms with Crippen molar-refractivity contribution in [1.82, 2.24) is 14.8 Å². The molecule has 2 aromatic carbocycles. The molecule has 1 fully saturated rings. The first-order chi connectivity index (χ1) is 18.8. The third kappa shape index (κ3) is 5.17. The maximum Gasteiger partial charge on any atom is 0.219 e. The summed E-state index contributed by atoms with van der Waals surface area (Å²) in [7, 11) is 5.17. The molecule has 5 rings (SSSR count). The summed E-state index contributed by atoms with van der Waals surface area (Å²) in [5.74, 6) is 1.66. The van der Waals surface area contributed by atoms with Crippen molar-refractivity contribution >= 4 is 17.0 Å². The fourth-order valence-electron chi connectivity index (χ4n) is 4.85. The molecule has 2 unspecified atom stereocenters. The monoisotopic (exact) mass is 526 g/mol. The molecule has 1 N–H and O–H groups in total. The summed E-state index contributed by atoms with van der Waals surface area (Å²) in [6, 6.07) is 16.9. The molecule has 0 aliphatic carbocycles. The van der Waals surface area contributed by atoms with Crippen LogP contribution < -0.4 is 9.47 Å². The summed E-state index contributed by atoms with van der Waals surface area (Å²) in [5.41, 5.74) is 4.66. The van der Waals surface area contributed by atoms with Crippen molar-refractivity contribution in [2.24, 2.45) is 0 Å². The number of likely N-dealkylation sites (tertiary alicyclic amines) is 1. The molecule has 200 valence electrons. The van der Waals surface area contributed by atoms with Crippen molar-refractivity contribution in [2.75, 3.05) is 34.3 Å². The van der Waals surface area contributed by atoms with Crippen LogP contribution in [-0.4, -0.2) is 66.2 Å². The van der Waals surface area contributed by atoms with Crippen LogP contribution in [0.15, 0.2) is 59.1 Å². The van der Waals surface area contributed by atoms with E-state index in [2.05, 4.69) is 11.1 Å². The number of rotatable bonds is 7. The van der Waals surface area contributed by atoms with Gasteiger partial charge in [-0.3, -0.25) is 14.7 Å². The predicted molar refractivity (Wildman–Crippen MR) is 146 cm³/mol. The Labute approximate surface area is 226 Å². The Hall–Kier alpha value is -4.39. The van der Waals surface area contributed by atoms with Crippen molar-refractivity contribution in [3.63, 3.8) is 0 Å². The van der Waals surface area contributed by atoms with Gasteiger partial charge in [-0.1, -0.05) is 12.1 Å². The lowest BCUT2D eigenvalue weighted by Crippen LogP contribution is -2.28. The fourth-order valence-corrected chi connectivity index (χ4v) is 4.85. The molecule has 0 saturated carbocycles. The summed E-state index contributed by atoms with van der Waals surface area (Å²) in [6.45, 7) is 2.72. The van der Waals surface area contributed by atoms with Crippen molar-refractivity contribution in [1.29, 1.82) is 5.26 Å². The van der Waals surface area contributed by atoms with Crippen LogP contribution in [0.25, 0.3) is 33.6 Å². The van der Waals surface area contributed by atoms with E-state index in [0.717, 1.165) is 23.1 Å². The minimum Gasteiger partial charge on any atom is -0.496 e. The molecule has 2 atom stereocenters. The minimum atomic E-state index is -0.764. The third-order valence-electron chi connectivity index (χ3n) is 6.99. The number of aliphatic hydroxyl groups excluding tert-OH is 1. The van der Waals surface area contributed by atoms with E-state index in [1.807, 2.05) is 30.3 Å². The Morgan fingerprint density at radius 2 is 2.00 bits per heavy atom. The number of aromatic nitrogens is 1. The number of pyridine rings is 1. The zero-order valence-electron chi connectivity index (χ0n) is 22.3. The molecule has 1 amide bonds. The fraction of sp³-hybridized carbons (Fsp3) is 0.300. The SMILES string of the molecule is COc1cc(C(O)N(C)C)ccc1-c1cc2nccc(-c3ccc(OC4CCN(C(C)=O)C4)c(C#N)c3)c2o1. The van der Waals surface area contributed by atoms with Crippen LogP contribution in [0.2, 0.25) is 0 Å². The van der Waals surface area contributed by atoms with Gasteiger partial charge >= 0.3 is 0 Å². The Kier molecular flexibility index (Phi) is 7.24. The first kappa shape index (κ1) is 26.2. The number of fused-ring (bicyclic) bond motifs is 1. The summed E-state index contributed by atoms with van der Waals surface area (Å²) in [5, 5.41) is 20.3. The average molecular weight is 527 g/mol. The number of furan rings is 1. The standard InChI is InChI=1S/C30H30N4O5/c1-18(35)34-12-10-22(17-34)38-26-8-6-19(13-21(26)16-31)23-9-11-32-25-15-28(39-29(23)25)24-7-5-20(14-27(24)37-4)30(36)33(2)3/h5-9,11,13-15,22,30,36H,10,12,17H2,1-4H3. The topological polar surface area (TPSA) is 112 Å². The maximum absolute atomic E-state index is 11.7. The highest BCUT2D eigenvalue weighted by Gasteiger charge is 2.26. The number of ether oxygens (including phenoxy) is 2. The van der Waals surface area contributed by atoms with E-state index < -0.39 is 6.23 Å². The van der Waals surface area contributed by atoms with Gasteiger partial charge in [0.05, 0.1) is 24.8 Å². The molecule has 3 heterocycles. The maximum atomic E-state index is 11.7. The molecule has 2 aromatic heterocycles. The number of benzene rings is 2.